The van der Waals surface area contributed by atoms with Crippen molar-refractivity contribution in [1.82, 2.24) is 15.6 Å². The summed E-state index contributed by atoms with van der Waals surface area (Å²) in [6.45, 7) is 2.59. The van der Waals surface area contributed by atoms with Gasteiger partial charge in [0.25, 0.3) is 0 Å². The van der Waals surface area contributed by atoms with Crippen molar-refractivity contribution in [2.24, 2.45) is 0 Å². The van der Waals surface area contributed by atoms with Crippen LogP contribution in [-0.2, 0) is 12.8 Å². The predicted molar refractivity (Wildman–Crippen MR) is 81.0 cm³/mol. The predicted octanol–water partition coefficient (Wildman–Crippen LogP) is 2.54. The van der Waals surface area contributed by atoms with Gasteiger partial charge in [0.05, 0.1) is 6.26 Å². The molecule has 0 spiro atoms. The van der Waals surface area contributed by atoms with Gasteiger partial charge in [0, 0.05) is 31.4 Å². The molecule has 2 heterocycles. The number of hydrogen-bond acceptors (Lipinski definition) is 3. The van der Waals surface area contributed by atoms with Crippen LogP contribution < -0.4 is 10.6 Å². The number of pyridine rings is 1. The maximum absolute atomic E-state index is 11.7. The van der Waals surface area contributed by atoms with E-state index >= 15 is 0 Å². The summed E-state index contributed by atoms with van der Waals surface area (Å²) >= 11 is 0. The van der Waals surface area contributed by atoms with Crippen LogP contribution in [0.2, 0.25) is 0 Å². The Bertz CT molecular complexity index is 526. The van der Waals surface area contributed by atoms with Crippen molar-refractivity contribution in [1.29, 1.82) is 0 Å². The molecule has 2 N–H and O–H groups in total. The number of aromatic nitrogens is 1. The molecule has 1 unspecified atom stereocenters. The molecule has 0 bridgehead atoms. The highest BCUT2D eigenvalue weighted by Crippen LogP contribution is 2.05. The molecule has 2 amide bonds. The highest BCUT2D eigenvalue weighted by atomic mass is 16.3. The van der Waals surface area contributed by atoms with Crippen molar-refractivity contribution in [3.63, 3.8) is 0 Å². The molecule has 5 heteroatoms. The molecule has 21 heavy (non-hydrogen) atoms. The monoisotopic (exact) mass is 287 g/mol. The van der Waals surface area contributed by atoms with E-state index < -0.39 is 0 Å². The van der Waals surface area contributed by atoms with E-state index in [-0.39, 0.29) is 12.1 Å². The molecule has 112 valence electrons. The Morgan fingerprint density at radius 2 is 2.24 bits per heavy atom. The van der Waals surface area contributed by atoms with E-state index in [0.717, 1.165) is 30.6 Å². The van der Waals surface area contributed by atoms with E-state index in [9.17, 15) is 4.79 Å². The summed E-state index contributed by atoms with van der Waals surface area (Å²) in [5.74, 6) is 0.945. The number of nitrogens with one attached hydrogen (secondary N) is 2. The van der Waals surface area contributed by atoms with Crippen LogP contribution in [0.3, 0.4) is 0 Å². The Morgan fingerprint density at radius 1 is 1.33 bits per heavy atom. The Morgan fingerprint density at radius 3 is 2.95 bits per heavy atom. The molecular weight excluding hydrogens is 266 g/mol. The normalized spacial score (nSPS) is 11.9. The van der Waals surface area contributed by atoms with Crippen LogP contribution in [0.4, 0.5) is 4.79 Å². The lowest BCUT2D eigenvalue weighted by Gasteiger charge is -2.14. The zero-order chi connectivity index (χ0) is 14.9. The number of carbonyl (C=O) groups excluding carboxylic acids is 1. The molecule has 1 atom stereocenters. The number of hydrogen-bond donors (Lipinski definition) is 2. The maximum atomic E-state index is 11.7. The van der Waals surface area contributed by atoms with Gasteiger partial charge in [-0.25, -0.2) is 4.79 Å². The SMILES string of the molecule is CC(CCc1ccco1)NC(=O)NCCc1cccnc1. The highest BCUT2D eigenvalue weighted by molar-refractivity contribution is 5.74. The average Bonchev–Trinajstić information content (AvgIpc) is 2.99. The number of urea groups is 1. The Kier molecular flexibility index (Phi) is 5.82. The molecule has 0 aliphatic carbocycles. The third-order valence-electron chi connectivity index (χ3n) is 3.20. The van der Waals surface area contributed by atoms with Gasteiger partial charge in [-0.15, -0.1) is 0 Å². The van der Waals surface area contributed by atoms with Crippen molar-refractivity contribution in [2.75, 3.05) is 6.54 Å². The van der Waals surface area contributed by atoms with Gasteiger partial charge in [-0.1, -0.05) is 6.07 Å². The number of rotatable bonds is 7. The average molecular weight is 287 g/mol. The Hall–Kier alpha value is -2.30. The first kappa shape index (κ1) is 15.1. The van der Waals surface area contributed by atoms with Crippen molar-refractivity contribution in [3.05, 3.63) is 54.2 Å². The van der Waals surface area contributed by atoms with Gasteiger partial charge < -0.3 is 15.1 Å². The number of aryl methyl sites for hydroxylation is 1. The smallest absolute Gasteiger partial charge is 0.315 e. The largest absolute Gasteiger partial charge is 0.469 e. The van der Waals surface area contributed by atoms with Gasteiger partial charge >= 0.3 is 6.03 Å². The number of furan rings is 1. The zero-order valence-electron chi connectivity index (χ0n) is 12.2. The van der Waals surface area contributed by atoms with Crippen LogP contribution in [0.15, 0.2) is 47.3 Å². The molecular formula is C16H21N3O2. The van der Waals surface area contributed by atoms with Crippen LogP contribution >= 0.6 is 0 Å². The zero-order valence-corrected chi connectivity index (χ0v) is 12.2. The Labute approximate surface area is 124 Å². The van der Waals surface area contributed by atoms with E-state index in [0.29, 0.717) is 6.54 Å². The van der Waals surface area contributed by atoms with Gasteiger partial charge in [-0.2, -0.15) is 0 Å². The minimum absolute atomic E-state index is 0.105. The second-order valence-electron chi connectivity index (χ2n) is 5.03. The minimum Gasteiger partial charge on any atom is -0.469 e. The van der Waals surface area contributed by atoms with E-state index in [2.05, 4.69) is 15.6 Å². The van der Waals surface area contributed by atoms with E-state index in [1.54, 1.807) is 12.5 Å². The lowest BCUT2D eigenvalue weighted by atomic mass is 10.1. The number of carbonyl (C=O) groups is 1. The van der Waals surface area contributed by atoms with Gasteiger partial charge in [-0.05, 0) is 43.5 Å². The fourth-order valence-corrected chi connectivity index (χ4v) is 2.03. The summed E-state index contributed by atoms with van der Waals surface area (Å²) in [7, 11) is 0. The van der Waals surface area contributed by atoms with Crippen LogP contribution in [0.1, 0.15) is 24.7 Å². The molecule has 0 aliphatic heterocycles. The molecule has 0 fully saturated rings. The summed E-state index contributed by atoms with van der Waals surface area (Å²) in [6.07, 6.45) is 7.67. The van der Waals surface area contributed by atoms with Gasteiger partial charge in [-0.3, -0.25) is 4.98 Å². The first-order chi connectivity index (χ1) is 10.2. The second-order valence-corrected chi connectivity index (χ2v) is 5.03. The maximum Gasteiger partial charge on any atom is 0.315 e. The lowest BCUT2D eigenvalue weighted by Crippen LogP contribution is -2.41. The van der Waals surface area contributed by atoms with Crippen LogP contribution in [-0.4, -0.2) is 23.6 Å². The minimum atomic E-state index is -0.133. The summed E-state index contributed by atoms with van der Waals surface area (Å²) in [5, 5.41) is 5.78. The van der Waals surface area contributed by atoms with Crippen LogP contribution in [0.5, 0.6) is 0 Å². The molecule has 2 aromatic rings. The van der Waals surface area contributed by atoms with Gasteiger partial charge in [0.15, 0.2) is 0 Å². The molecule has 0 aliphatic rings. The number of amides is 2. The van der Waals surface area contributed by atoms with E-state index in [1.165, 1.54) is 0 Å². The van der Waals surface area contributed by atoms with Crippen LogP contribution in [0.25, 0.3) is 0 Å². The lowest BCUT2D eigenvalue weighted by molar-refractivity contribution is 0.237. The molecule has 2 aromatic heterocycles. The van der Waals surface area contributed by atoms with Crippen molar-refractivity contribution in [3.8, 4) is 0 Å². The van der Waals surface area contributed by atoms with Crippen molar-refractivity contribution >= 4 is 6.03 Å². The summed E-state index contributed by atoms with van der Waals surface area (Å²) in [4.78, 5) is 15.8. The van der Waals surface area contributed by atoms with Crippen molar-refractivity contribution < 1.29 is 9.21 Å². The third kappa shape index (κ3) is 5.69. The second kappa shape index (κ2) is 8.09. The third-order valence-corrected chi connectivity index (χ3v) is 3.20. The van der Waals surface area contributed by atoms with E-state index in [1.807, 2.05) is 37.4 Å². The van der Waals surface area contributed by atoms with Gasteiger partial charge in [0.1, 0.15) is 5.76 Å². The standard InChI is InChI=1S/C16H21N3O2/c1-13(6-7-15-5-3-11-21-15)19-16(20)18-10-8-14-4-2-9-17-12-14/h2-5,9,11-13H,6-8,10H2,1H3,(H2,18,19,20). The molecule has 5 nitrogen and oxygen atoms in total. The quantitative estimate of drug-likeness (QED) is 0.822. The topological polar surface area (TPSA) is 67.2 Å². The molecule has 0 saturated carbocycles. The van der Waals surface area contributed by atoms with Gasteiger partial charge in [0.2, 0.25) is 0 Å². The van der Waals surface area contributed by atoms with Crippen LogP contribution in [0, 0.1) is 0 Å². The first-order valence-electron chi connectivity index (χ1n) is 7.19. The molecule has 0 aromatic carbocycles. The summed E-state index contributed by atoms with van der Waals surface area (Å²) in [6, 6.07) is 7.68. The highest BCUT2D eigenvalue weighted by Gasteiger charge is 2.07. The molecule has 0 saturated heterocycles. The van der Waals surface area contributed by atoms with E-state index in [4.69, 9.17) is 4.42 Å². The molecule has 0 radical (unpaired) electrons. The first-order valence-corrected chi connectivity index (χ1v) is 7.19. The summed E-state index contributed by atoms with van der Waals surface area (Å²) < 4.78 is 5.27. The fraction of sp³-hybridized carbons (Fsp3) is 0.375. The molecule has 2 rings (SSSR count). The fourth-order valence-electron chi connectivity index (χ4n) is 2.03. The van der Waals surface area contributed by atoms with Crippen molar-refractivity contribution in [2.45, 2.75) is 32.2 Å². The number of nitrogens with zero attached hydrogens (tertiary/aromatic N) is 1. The summed E-state index contributed by atoms with van der Waals surface area (Å²) in [5.41, 5.74) is 1.11. The Balaban J connectivity index is 1.60.